The summed E-state index contributed by atoms with van der Waals surface area (Å²) in [5.41, 5.74) is 0. The van der Waals surface area contributed by atoms with Gasteiger partial charge < -0.3 is 0 Å². The Morgan fingerprint density at radius 1 is 1.31 bits per heavy atom. The van der Waals surface area contributed by atoms with E-state index in [0.717, 1.165) is 6.42 Å². The third kappa shape index (κ3) is 4.13. The highest BCUT2D eigenvalue weighted by molar-refractivity contribution is 8.00. The number of rotatable bonds is 5. The maximum absolute atomic E-state index is 11.2. The van der Waals surface area contributed by atoms with E-state index in [0.29, 0.717) is 18.0 Å². The fourth-order valence-electron chi connectivity index (χ4n) is 1.03. The standard InChI is InChI=1S/C11H14OS/c1-2-6-10(12)9-13-11-7-4-3-5-8-11/h3-5,7-8H,2,6,9H2,1H3. The Hall–Kier alpha value is -0.760. The summed E-state index contributed by atoms with van der Waals surface area (Å²) in [4.78, 5) is 12.4. The van der Waals surface area contributed by atoms with Crippen molar-refractivity contribution in [1.29, 1.82) is 0 Å². The molecule has 13 heavy (non-hydrogen) atoms. The van der Waals surface area contributed by atoms with Gasteiger partial charge in [0.15, 0.2) is 0 Å². The molecule has 0 amide bonds. The number of hydrogen-bond acceptors (Lipinski definition) is 2. The Morgan fingerprint density at radius 3 is 2.62 bits per heavy atom. The second-order valence-electron chi connectivity index (χ2n) is 2.89. The van der Waals surface area contributed by atoms with Gasteiger partial charge in [0.1, 0.15) is 5.78 Å². The summed E-state index contributed by atoms with van der Waals surface area (Å²) in [6.07, 6.45) is 1.66. The molecule has 0 spiro atoms. The molecule has 0 aliphatic rings. The van der Waals surface area contributed by atoms with E-state index in [1.807, 2.05) is 37.3 Å². The lowest BCUT2D eigenvalue weighted by molar-refractivity contribution is -0.116. The number of carbonyl (C=O) groups is 1. The lowest BCUT2D eigenvalue weighted by Crippen LogP contribution is -1.99. The summed E-state index contributed by atoms with van der Waals surface area (Å²) in [6, 6.07) is 10.0. The van der Waals surface area contributed by atoms with Crippen LogP contribution >= 0.6 is 11.8 Å². The molecule has 0 fully saturated rings. The molecule has 1 rings (SSSR count). The van der Waals surface area contributed by atoms with Gasteiger partial charge in [-0.2, -0.15) is 0 Å². The first-order valence-corrected chi connectivity index (χ1v) is 5.51. The highest BCUT2D eigenvalue weighted by Gasteiger charge is 2.00. The number of carbonyl (C=O) groups excluding carboxylic acids is 1. The van der Waals surface area contributed by atoms with Crippen molar-refractivity contribution < 1.29 is 4.79 Å². The molecule has 1 aromatic rings. The SMILES string of the molecule is CCCC(=O)CSc1ccccc1. The van der Waals surface area contributed by atoms with Crippen LogP contribution in [0.15, 0.2) is 35.2 Å². The van der Waals surface area contributed by atoms with Gasteiger partial charge in [0, 0.05) is 11.3 Å². The lowest BCUT2D eigenvalue weighted by atomic mass is 10.3. The van der Waals surface area contributed by atoms with Gasteiger partial charge in [-0.3, -0.25) is 4.79 Å². The normalized spacial score (nSPS) is 9.92. The molecule has 1 nitrogen and oxygen atoms in total. The van der Waals surface area contributed by atoms with Crippen LogP contribution in [0.2, 0.25) is 0 Å². The fourth-order valence-corrected chi connectivity index (χ4v) is 1.85. The lowest BCUT2D eigenvalue weighted by Gasteiger charge is -1.99. The summed E-state index contributed by atoms with van der Waals surface area (Å²) in [5, 5.41) is 0. The van der Waals surface area contributed by atoms with Crippen LogP contribution in [0.5, 0.6) is 0 Å². The largest absolute Gasteiger partial charge is 0.299 e. The van der Waals surface area contributed by atoms with Crippen molar-refractivity contribution in [3.63, 3.8) is 0 Å². The van der Waals surface area contributed by atoms with Crippen molar-refractivity contribution in [1.82, 2.24) is 0 Å². The van der Waals surface area contributed by atoms with Gasteiger partial charge in [-0.1, -0.05) is 25.1 Å². The first kappa shape index (κ1) is 10.3. The number of thioether (sulfide) groups is 1. The van der Waals surface area contributed by atoms with E-state index in [-0.39, 0.29) is 0 Å². The molecule has 0 atom stereocenters. The van der Waals surface area contributed by atoms with E-state index < -0.39 is 0 Å². The molecule has 0 unspecified atom stereocenters. The number of benzene rings is 1. The minimum atomic E-state index is 0.344. The van der Waals surface area contributed by atoms with Gasteiger partial charge in [0.05, 0.1) is 5.75 Å². The van der Waals surface area contributed by atoms with Crippen molar-refractivity contribution in [2.45, 2.75) is 24.7 Å². The van der Waals surface area contributed by atoms with Crippen LogP contribution in [0.1, 0.15) is 19.8 Å². The predicted octanol–water partition coefficient (Wildman–Crippen LogP) is 3.15. The monoisotopic (exact) mass is 194 g/mol. The van der Waals surface area contributed by atoms with E-state index in [1.165, 1.54) is 4.90 Å². The third-order valence-corrected chi connectivity index (χ3v) is 2.74. The summed E-state index contributed by atoms with van der Waals surface area (Å²) in [5.74, 6) is 0.953. The summed E-state index contributed by atoms with van der Waals surface area (Å²) < 4.78 is 0. The van der Waals surface area contributed by atoms with Crippen LogP contribution in [-0.4, -0.2) is 11.5 Å². The zero-order valence-electron chi connectivity index (χ0n) is 7.82. The second-order valence-corrected chi connectivity index (χ2v) is 3.94. The molecule has 0 saturated heterocycles. The van der Waals surface area contributed by atoms with E-state index in [9.17, 15) is 4.79 Å². The highest BCUT2D eigenvalue weighted by Crippen LogP contribution is 2.17. The Balaban J connectivity index is 2.31. The molecule has 0 heterocycles. The summed E-state index contributed by atoms with van der Waals surface area (Å²) in [7, 11) is 0. The smallest absolute Gasteiger partial charge is 0.143 e. The molecular weight excluding hydrogens is 180 g/mol. The molecule has 1 aromatic carbocycles. The zero-order valence-corrected chi connectivity index (χ0v) is 8.64. The van der Waals surface area contributed by atoms with Gasteiger partial charge in [-0.25, -0.2) is 0 Å². The maximum Gasteiger partial charge on any atom is 0.143 e. The molecular formula is C11H14OS. The molecule has 0 bridgehead atoms. The molecule has 0 N–H and O–H groups in total. The Bertz CT molecular complexity index is 256. The van der Waals surface area contributed by atoms with Crippen LogP contribution in [0.3, 0.4) is 0 Å². The molecule has 0 saturated carbocycles. The second kappa shape index (κ2) is 5.81. The molecule has 2 heteroatoms. The minimum Gasteiger partial charge on any atom is -0.299 e. The molecule has 0 radical (unpaired) electrons. The van der Waals surface area contributed by atoms with Crippen molar-refractivity contribution in [2.75, 3.05) is 5.75 Å². The van der Waals surface area contributed by atoms with E-state index in [1.54, 1.807) is 11.8 Å². The average Bonchev–Trinajstić information content (AvgIpc) is 2.17. The van der Waals surface area contributed by atoms with E-state index in [4.69, 9.17) is 0 Å². The van der Waals surface area contributed by atoms with E-state index in [2.05, 4.69) is 0 Å². The van der Waals surface area contributed by atoms with Gasteiger partial charge in [-0.05, 0) is 18.6 Å². The quantitative estimate of drug-likeness (QED) is 0.670. The Kier molecular flexibility index (Phi) is 4.61. The summed E-state index contributed by atoms with van der Waals surface area (Å²) in [6.45, 7) is 2.03. The van der Waals surface area contributed by atoms with Gasteiger partial charge in [-0.15, -0.1) is 11.8 Å². The third-order valence-electron chi connectivity index (χ3n) is 1.67. The number of hydrogen-bond donors (Lipinski definition) is 0. The van der Waals surface area contributed by atoms with Crippen molar-refractivity contribution >= 4 is 17.5 Å². The van der Waals surface area contributed by atoms with Crippen molar-refractivity contribution in [2.24, 2.45) is 0 Å². The summed E-state index contributed by atoms with van der Waals surface area (Å²) >= 11 is 1.62. The zero-order chi connectivity index (χ0) is 9.52. The highest BCUT2D eigenvalue weighted by atomic mass is 32.2. The molecule has 0 aliphatic carbocycles. The Morgan fingerprint density at radius 2 is 2.00 bits per heavy atom. The molecule has 0 aliphatic heterocycles. The van der Waals surface area contributed by atoms with E-state index >= 15 is 0 Å². The first-order valence-electron chi connectivity index (χ1n) is 4.52. The topological polar surface area (TPSA) is 17.1 Å². The Labute approximate surface area is 83.5 Å². The predicted molar refractivity (Wildman–Crippen MR) is 57.1 cm³/mol. The van der Waals surface area contributed by atoms with Gasteiger partial charge >= 0.3 is 0 Å². The number of ketones is 1. The minimum absolute atomic E-state index is 0.344. The van der Waals surface area contributed by atoms with Crippen molar-refractivity contribution in [3.05, 3.63) is 30.3 Å². The van der Waals surface area contributed by atoms with Crippen LogP contribution in [-0.2, 0) is 4.79 Å². The molecule has 70 valence electrons. The maximum atomic E-state index is 11.2. The fraction of sp³-hybridized carbons (Fsp3) is 0.364. The first-order chi connectivity index (χ1) is 6.33. The number of Topliss-reactive ketones (excluding diaryl/α,β-unsaturated/α-hetero) is 1. The van der Waals surface area contributed by atoms with Crippen LogP contribution in [0.25, 0.3) is 0 Å². The van der Waals surface area contributed by atoms with Crippen LogP contribution < -0.4 is 0 Å². The van der Waals surface area contributed by atoms with Crippen LogP contribution in [0, 0.1) is 0 Å². The van der Waals surface area contributed by atoms with Crippen molar-refractivity contribution in [3.8, 4) is 0 Å². The van der Waals surface area contributed by atoms with Crippen LogP contribution in [0.4, 0.5) is 0 Å². The van der Waals surface area contributed by atoms with Gasteiger partial charge in [0.25, 0.3) is 0 Å². The molecule has 0 aromatic heterocycles. The van der Waals surface area contributed by atoms with Gasteiger partial charge in [0.2, 0.25) is 0 Å². The average molecular weight is 194 g/mol.